The van der Waals surface area contributed by atoms with Crippen molar-refractivity contribution in [2.75, 3.05) is 12.4 Å². The zero-order valence-electron chi connectivity index (χ0n) is 16.7. The summed E-state index contributed by atoms with van der Waals surface area (Å²) in [6.45, 7) is 4.61. The molecule has 9 nitrogen and oxygen atoms in total. The van der Waals surface area contributed by atoms with Gasteiger partial charge in [-0.1, -0.05) is 23.8 Å². The van der Waals surface area contributed by atoms with Gasteiger partial charge in [0.2, 0.25) is 0 Å². The van der Waals surface area contributed by atoms with Gasteiger partial charge < -0.3 is 14.5 Å². The van der Waals surface area contributed by atoms with Gasteiger partial charge in [0.15, 0.2) is 23.2 Å². The molecule has 4 aromatic rings. The van der Waals surface area contributed by atoms with Gasteiger partial charge in [-0.2, -0.15) is 9.90 Å². The number of aromatic nitrogens is 5. The van der Waals surface area contributed by atoms with Crippen LogP contribution >= 0.6 is 11.3 Å². The minimum absolute atomic E-state index is 0.205. The second-order valence-corrected chi connectivity index (χ2v) is 7.85. The second kappa shape index (κ2) is 8.56. The van der Waals surface area contributed by atoms with E-state index in [0.717, 1.165) is 21.0 Å². The molecule has 1 aromatic carbocycles. The lowest BCUT2D eigenvalue weighted by atomic mass is 10.1. The van der Waals surface area contributed by atoms with Crippen molar-refractivity contribution in [1.82, 2.24) is 25.0 Å². The van der Waals surface area contributed by atoms with Gasteiger partial charge in [-0.3, -0.25) is 4.79 Å². The van der Waals surface area contributed by atoms with Crippen LogP contribution < -0.4 is 5.32 Å². The number of oxazole rings is 1. The standard InChI is InChI=1S/C20H20N6O3S/c1-12-5-4-6-14(7-12)19-18(23-13(2)29-19)20(27)24-16-9-22-26(25-16)10-17-21-8-15(30-17)11-28-3/h4-9H,10-11H2,1-3H3,(H,24,25,27). The number of carbonyl (C=O) groups excluding carboxylic acids is 1. The fraction of sp³-hybridized carbons (Fsp3) is 0.250. The molecule has 0 saturated heterocycles. The van der Waals surface area contributed by atoms with Gasteiger partial charge in [-0.25, -0.2) is 9.97 Å². The van der Waals surface area contributed by atoms with Crippen molar-refractivity contribution in [3.63, 3.8) is 0 Å². The number of hydrogen-bond acceptors (Lipinski definition) is 8. The topological polar surface area (TPSA) is 108 Å². The Hall–Kier alpha value is -3.37. The van der Waals surface area contributed by atoms with Crippen LogP contribution in [0.5, 0.6) is 0 Å². The summed E-state index contributed by atoms with van der Waals surface area (Å²) in [6, 6.07) is 7.71. The SMILES string of the molecule is COCc1cnc(Cn2ncc(NC(=O)c3nc(C)oc3-c3cccc(C)c3)n2)s1. The van der Waals surface area contributed by atoms with Crippen LogP contribution in [0.15, 0.2) is 41.1 Å². The Kier molecular flexibility index (Phi) is 5.68. The van der Waals surface area contributed by atoms with Crippen LogP contribution in [0.25, 0.3) is 11.3 Å². The average molecular weight is 424 g/mol. The van der Waals surface area contributed by atoms with E-state index in [2.05, 4.69) is 25.5 Å². The van der Waals surface area contributed by atoms with Gasteiger partial charge >= 0.3 is 0 Å². The molecule has 3 aromatic heterocycles. The molecule has 10 heteroatoms. The van der Waals surface area contributed by atoms with E-state index < -0.39 is 5.91 Å². The van der Waals surface area contributed by atoms with Crippen LogP contribution in [0.3, 0.4) is 0 Å². The zero-order valence-corrected chi connectivity index (χ0v) is 17.6. The highest BCUT2D eigenvalue weighted by atomic mass is 32.1. The molecule has 1 N–H and O–H groups in total. The molecule has 0 fully saturated rings. The number of amides is 1. The van der Waals surface area contributed by atoms with E-state index in [1.54, 1.807) is 20.2 Å². The van der Waals surface area contributed by atoms with Crippen LogP contribution in [0.4, 0.5) is 5.82 Å². The van der Waals surface area contributed by atoms with Crippen molar-refractivity contribution in [2.24, 2.45) is 0 Å². The smallest absolute Gasteiger partial charge is 0.279 e. The van der Waals surface area contributed by atoms with E-state index in [9.17, 15) is 4.79 Å². The number of thiazole rings is 1. The van der Waals surface area contributed by atoms with Crippen molar-refractivity contribution in [2.45, 2.75) is 27.0 Å². The summed E-state index contributed by atoms with van der Waals surface area (Å²) in [6.07, 6.45) is 3.26. The predicted octanol–water partition coefficient (Wildman–Crippen LogP) is 3.45. The first-order valence-corrected chi connectivity index (χ1v) is 10.0. The van der Waals surface area contributed by atoms with E-state index in [4.69, 9.17) is 9.15 Å². The van der Waals surface area contributed by atoms with Gasteiger partial charge in [-0.15, -0.1) is 16.4 Å². The second-order valence-electron chi connectivity index (χ2n) is 6.65. The monoisotopic (exact) mass is 424 g/mol. The third-order valence-electron chi connectivity index (χ3n) is 4.17. The number of hydrogen-bond donors (Lipinski definition) is 1. The molecule has 4 rings (SSSR count). The molecular formula is C20H20N6O3S. The lowest BCUT2D eigenvalue weighted by Crippen LogP contribution is -2.14. The number of rotatable bonds is 7. The van der Waals surface area contributed by atoms with Gasteiger partial charge in [0.25, 0.3) is 5.91 Å². The van der Waals surface area contributed by atoms with Crippen LogP contribution in [-0.2, 0) is 17.9 Å². The van der Waals surface area contributed by atoms with Crippen LogP contribution in [-0.4, -0.2) is 38.0 Å². The molecule has 0 saturated carbocycles. The van der Waals surface area contributed by atoms with E-state index in [1.807, 2.05) is 31.2 Å². The average Bonchev–Trinajstić information content (AvgIpc) is 3.43. The number of anilines is 1. The summed E-state index contributed by atoms with van der Waals surface area (Å²) in [7, 11) is 1.64. The minimum Gasteiger partial charge on any atom is -0.440 e. The number of ether oxygens (including phenoxy) is 1. The molecule has 0 aliphatic carbocycles. The Balaban J connectivity index is 1.48. The summed E-state index contributed by atoms with van der Waals surface area (Å²) in [4.78, 5) is 23.9. The third kappa shape index (κ3) is 4.44. The maximum Gasteiger partial charge on any atom is 0.279 e. The highest BCUT2D eigenvalue weighted by Crippen LogP contribution is 2.26. The van der Waals surface area contributed by atoms with Gasteiger partial charge in [0.05, 0.1) is 17.7 Å². The first-order valence-electron chi connectivity index (χ1n) is 9.20. The van der Waals surface area contributed by atoms with Crippen molar-refractivity contribution in [3.8, 4) is 11.3 Å². The Labute approximate surface area is 176 Å². The molecule has 0 bridgehead atoms. The van der Waals surface area contributed by atoms with Crippen LogP contribution in [0.1, 0.15) is 31.8 Å². The Morgan fingerprint density at radius 3 is 2.97 bits per heavy atom. The summed E-state index contributed by atoms with van der Waals surface area (Å²) < 4.78 is 10.8. The highest BCUT2D eigenvalue weighted by molar-refractivity contribution is 7.11. The molecule has 3 heterocycles. The highest BCUT2D eigenvalue weighted by Gasteiger charge is 2.21. The van der Waals surface area contributed by atoms with Gasteiger partial charge in [-0.05, 0) is 13.0 Å². The first kappa shape index (κ1) is 19.9. The molecule has 30 heavy (non-hydrogen) atoms. The summed E-state index contributed by atoms with van der Waals surface area (Å²) in [5, 5.41) is 12.1. The molecule has 0 aliphatic heterocycles. The van der Waals surface area contributed by atoms with E-state index in [-0.39, 0.29) is 5.69 Å². The lowest BCUT2D eigenvalue weighted by Gasteiger charge is -2.02. The maximum absolute atomic E-state index is 12.8. The number of carbonyl (C=O) groups is 1. The lowest BCUT2D eigenvalue weighted by molar-refractivity contribution is 0.102. The number of benzene rings is 1. The van der Waals surface area contributed by atoms with E-state index in [0.29, 0.717) is 30.6 Å². The summed E-state index contributed by atoms with van der Waals surface area (Å²) in [5.74, 6) is 0.752. The van der Waals surface area contributed by atoms with Crippen molar-refractivity contribution >= 4 is 23.1 Å². The molecule has 0 radical (unpaired) electrons. The Morgan fingerprint density at radius 2 is 2.17 bits per heavy atom. The third-order valence-corrected chi connectivity index (χ3v) is 5.13. The molecule has 0 unspecified atom stereocenters. The van der Waals surface area contributed by atoms with Crippen LogP contribution in [0.2, 0.25) is 0 Å². The van der Waals surface area contributed by atoms with Gasteiger partial charge in [0, 0.05) is 25.8 Å². The van der Waals surface area contributed by atoms with Gasteiger partial charge in [0.1, 0.15) is 11.6 Å². The molecule has 1 amide bonds. The molecule has 0 spiro atoms. The molecular weight excluding hydrogens is 404 g/mol. The van der Waals surface area contributed by atoms with E-state index in [1.165, 1.54) is 22.3 Å². The first-order chi connectivity index (χ1) is 14.5. The molecule has 0 atom stereocenters. The summed E-state index contributed by atoms with van der Waals surface area (Å²) >= 11 is 1.53. The number of aryl methyl sites for hydroxylation is 2. The minimum atomic E-state index is -0.410. The zero-order chi connectivity index (χ0) is 21.1. The quantitative estimate of drug-likeness (QED) is 0.484. The normalized spacial score (nSPS) is 11.0. The Morgan fingerprint density at radius 1 is 1.30 bits per heavy atom. The van der Waals surface area contributed by atoms with Crippen LogP contribution in [0, 0.1) is 13.8 Å². The number of nitrogens with one attached hydrogen (secondary N) is 1. The number of nitrogens with zero attached hydrogens (tertiary/aromatic N) is 5. The fourth-order valence-corrected chi connectivity index (χ4v) is 3.79. The van der Waals surface area contributed by atoms with E-state index >= 15 is 0 Å². The molecule has 0 aliphatic rings. The fourth-order valence-electron chi connectivity index (χ4n) is 2.92. The maximum atomic E-state index is 12.8. The summed E-state index contributed by atoms with van der Waals surface area (Å²) in [5.41, 5.74) is 2.06. The van der Waals surface area contributed by atoms with Crippen molar-refractivity contribution in [1.29, 1.82) is 0 Å². The Bertz CT molecular complexity index is 1180. The van der Waals surface area contributed by atoms with Crippen molar-refractivity contribution in [3.05, 3.63) is 63.7 Å². The number of methoxy groups -OCH3 is 1. The largest absolute Gasteiger partial charge is 0.440 e. The predicted molar refractivity (Wildman–Crippen MR) is 111 cm³/mol. The molecule has 154 valence electrons. The van der Waals surface area contributed by atoms with Crippen molar-refractivity contribution < 1.29 is 13.9 Å².